The van der Waals surface area contributed by atoms with Gasteiger partial charge in [0.05, 0.1) is 11.7 Å². The summed E-state index contributed by atoms with van der Waals surface area (Å²) in [7, 11) is 1.88. The number of hydrogen-bond donors (Lipinski definition) is 2. The van der Waals surface area contributed by atoms with Crippen LogP contribution in [-0.2, 0) is 0 Å². The zero-order chi connectivity index (χ0) is 19.0. The van der Waals surface area contributed by atoms with Crippen molar-refractivity contribution in [3.63, 3.8) is 0 Å². The molecule has 4 atom stereocenters. The highest BCUT2D eigenvalue weighted by Crippen LogP contribution is 2.34. The molecule has 0 spiro atoms. The third-order valence-electron chi connectivity index (χ3n) is 5.61. The average molecular weight is 366 g/mol. The molecule has 3 heterocycles. The minimum atomic E-state index is -0.911. The first kappa shape index (κ1) is 17.7. The van der Waals surface area contributed by atoms with E-state index in [1.54, 1.807) is 19.1 Å². The predicted molar refractivity (Wildman–Crippen MR) is 103 cm³/mol. The first-order valence-corrected chi connectivity index (χ1v) is 9.29. The van der Waals surface area contributed by atoms with Gasteiger partial charge in [-0.1, -0.05) is 5.92 Å². The number of aromatic nitrogens is 2. The predicted octanol–water partition coefficient (Wildman–Crippen LogP) is 2.89. The molecule has 2 aliphatic rings. The van der Waals surface area contributed by atoms with E-state index < -0.39 is 6.17 Å². The zero-order valence-electron chi connectivity index (χ0n) is 15.5. The fraction of sp³-hybridized carbons (Fsp3) is 0.429. The van der Waals surface area contributed by atoms with E-state index in [2.05, 4.69) is 27.4 Å². The van der Waals surface area contributed by atoms with E-state index in [0.29, 0.717) is 23.1 Å². The van der Waals surface area contributed by atoms with Gasteiger partial charge in [-0.25, -0.2) is 4.39 Å². The summed E-state index contributed by atoms with van der Waals surface area (Å²) in [6, 6.07) is 9.03. The number of rotatable bonds is 3. The maximum absolute atomic E-state index is 14.8. The third-order valence-corrected chi connectivity index (χ3v) is 5.61. The monoisotopic (exact) mass is 366 g/mol. The van der Waals surface area contributed by atoms with Gasteiger partial charge in [-0.2, -0.15) is 0 Å². The topological polar surface area (TPSA) is 61.3 Å². The van der Waals surface area contributed by atoms with E-state index in [1.807, 2.05) is 30.1 Å². The van der Waals surface area contributed by atoms with Gasteiger partial charge < -0.3 is 15.3 Å². The number of aromatic hydroxyl groups is 1. The van der Waals surface area contributed by atoms with Crippen LogP contribution in [0.5, 0.6) is 5.75 Å². The Balaban J connectivity index is 1.54. The summed E-state index contributed by atoms with van der Waals surface area (Å²) in [5.74, 6) is 6.47. The van der Waals surface area contributed by atoms with Crippen LogP contribution in [0.3, 0.4) is 0 Å². The fourth-order valence-electron chi connectivity index (χ4n) is 4.15. The normalized spacial score (nSPS) is 26.3. The Morgan fingerprint density at radius 2 is 2.07 bits per heavy atom. The van der Waals surface area contributed by atoms with Crippen molar-refractivity contribution in [3.8, 4) is 28.8 Å². The summed E-state index contributed by atoms with van der Waals surface area (Å²) in [4.78, 5) is 1.90. The van der Waals surface area contributed by atoms with Crippen molar-refractivity contribution in [2.75, 3.05) is 11.9 Å². The molecule has 2 unspecified atom stereocenters. The molecule has 27 heavy (non-hydrogen) atoms. The van der Waals surface area contributed by atoms with Crippen LogP contribution in [0.2, 0.25) is 0 Å². The molecule has 0 saturated carbocycles. The molecule has 1 aromatic heterocycles. The third kappa shape index (κ3) is 3.35. The van der Waals surface area contributed by atoms with Gasteiger partial charge in [0.15, 0.2) is 5.82 Å². The van der Waals surface area contributed by atoms with E-state index >= 15 is 0 Å². The lowest BCUT2D eigenvalue weighted by Crippen LogP contribution is -2.55. The number of phenolic OH excluding ortho intramolecular Hbond substituents is 1. The lowest BCUT2D eigenvalue weighted by molar-refractivity contribution is 0.176. The van der Waals surface area contributed by atoms with Crippen LogP contribution >= 0.6 is 0 Å². The lowest BCUT2D eigenvalue weighted by atomic mass is 9.96. The van der Waals surface area contributed by atoms with Gasteiger partial charge in [0.1, 0.15) is 11.9 Å². The van der Waals surface area contributed by atoms with Crippen molar-refractivity contribution in [2.24, 2.45) is 0 Å². The Bertz CT molecular complexity index is 889. The molecule has 6 heteroatoms. The summed E-state index contributed by atoms with van der Waals surface area (Å²) in [6.45, 7) is 1.75. The molecule has 2 bridgehead atoms. The molecule has 0 amide bonds. The minimum Gasteiger partial charge on any atom is -0.507 e. The van der Waals surface area contributed by atoms with Crippen LogP contribution in [0.1, 0.15) is 31.7 Å². The average Bonchev–Trinajstić information content (AvgIpc) is 3.08. The van der Waals surface area contributed by atoms with Crippen molar-refractivity contribution in [3.05, 3.63) is 35.9 Å². The first-order chi connectivity index (χ1) is 13.1. The lowest BCUT2D eigenvalue weighted by Gasteiger charge is -2.38. The minimum absolute atomic E-state index is 0.0508. The van der Waals surface area contributed by atoms with E-state index in [1.165, 1.54) is 0 Å². The summed E-state index contributed by atoms with van der Waals surface area (Å²) in [5.41, 5.74) is 1.92. The van der Waals surface area contributed by atoms with Crippen LogP contribution in [-0.4, -0.2) is 46.6 Å². The number of fused-ring (bicyclic) bond motifs is 2. The first-order valence-electron chi connectivity index (χ1n) is 9.29. The molecular weight excluding hydrogens is 343 g/mol. The molecule has 0 aliphatic carbocycles. The van der Waals surface area contributed by atoms with E-state index in [0.717, 1.165) is 24.8 Å². The molecule has 140 valence electrons. The maximum atomic E-state index is 14.8. The van der Waals surface area contributed by atoms with E-state index in [4.69, 9.17) is 0 Å². The number of phenols is 1. The van der Waals surface area contributed by atoms with Crippen LogP contribution in [0.15, 0.2) is 30.3 Å². The number of hydrogen-bond acceptors (Lipinski definition) is 5. The molecule has 2 N–H and O–H groups in total. The Hall–Kier alpha value is -2.65. The van der Waals surface area contributed by atoms with Gasteiger partial charge in [0.2, 0.25) is 0 Å². The second kappa shape index (κ2) is 7.16. The van der Waals surface area contributed by atoms with Crippen LogP contribution < -0.4 is 10.2 Å². The molecule has 1 aromatic carbocycles. The number of nitrogens with one attached hydrogen (secondary N) is 1. The quantitative estimate of drug-likeness (QED) is 0.818. The highest BCUT2D eigenvalue weighted by molar-refractivity contribution is 5.68. The van der Waals surface area contributed by atoms with Gasteiger partial charge in [-0.3, -0.25) is 0 Å². The molecule has 2 saturated heterocycles. The molecule has 2 aromatic rings. The number of nitrogens with zero attached hydrogens (tertiary/aromatic N) is 3. The van der Waals surface area contributed by atoms with E-state index in [9.17, 15) is 9.50 Å². The molecule has 4 rings (SSSR count). The Labute approximate surface area is 158 Å². The summed E-state index contributed by atoms with van der Waals surface area (Å²) < 4.78 is 14.8. The molecule has 0 radical (unpaired) electrons. The largest absolute Gasteiger partial charge is 0.507 e. The summed E-state index contributed by atoms with van der Waals surface area (Å²) >= 11 is 0. The van der Waals surface area contributed by atoms with Crippen LogP contribution in [0.4, 0.5) is 10.2 Å². The van der Waals surface area contributed by atoms with Gasteiger partial charge >= 0.3 is 0 Å². The second-order valence-corrected chi connectivity index (χ2v) is 7.29. The SMILES string of the molecule is CC#Cc1ccc(-c2ccc(N(C)[C@@H]3CC4CCC(N4)[C@@H]3F)nn2)c(O)c1. The van der Waals surface area contributed by atoms with Crippen molar-refractivity contribution in [1.82, 2.24) is 15.5 Å². The summed E-state index contributed by atoms with van der Waals surface area (Å²) in [5, 5.41) is 22.1. The van der Waals surface area contributed by atoms with Gasteiger partial charge in [0.25, 0.3) is 0 Å². The number of benzene rings is 1. The number of halogens is 1. The maximum Gasteiger partial charge on any atom is 0.151 e. The fourth-order valence-corrected chi connectivity index (χ4v) is 4.15. The van der Waals surface area contributed by atoms with Gasteiger partial charge in [0, 0.05) is 30.3 Å². The molecule has 5 nitrogen and oxygen atoms in total. The molecule has 2 aliphatic heterocycles. The zero-order valence-corrected chi connectivity index (χ0v) is 15.5. The van der Waals surface area contributed by atoms with Gasteiger partial charge in [-0.05, 0) is 56.5 Å². The van der Waals surface area contributed by atoms with Crippen molar-refractivity contribution >= 4 is 5.82 Å². The standard InChI is InChI=1S/C21H23FN4O/c1-3-4-13-5-7-15(19(27)11-13)16-9-10-20(25-24-16)26(2)18-12-14-6-8-17(23-14)21(18)22/h5,7,9-11,14,17-18,21,23,27H,6,8,12H2,1-2H3/t14?,17?,18-,21+/m1/s1. The van der Waals surface area contributed by atoms with Crippen molar-refractivity contribution in [1.29, 1.82) is 0 Å². The molecule has 2 fully saturated rings. The van der Waals surface area contributed by atoms with Crippen LogP contribution in [0.25, 0.3) is 11.3 Å². The number of piperidine rings is 1. The van der Waals surface area contributed by atoms with Gasteiger partial charge in [-0.15, -0.1) is 16.1 Å². The van der Waals surface area contributed by atoms with E-state index in [-0.39, 0.29) is 17.8 Å². The van der Waals surface area contributed by atoms with Crippen molar-refractivity contribution in [2.45, 2.75) is 50.5 Å². The highest BCUT2D eigenvalue weighted by Gasteiger charge is 2.43. The second-order valence-electron chi connectivity index (χ2n) is 7.29. The van der Waals surface area contributed by atoms with Crippen LogP contribution in [0, 0.1) is 11.8 Å². The van der Waals surface area contributed by atoms with Crippen molar-refractivity contribution < 1.29 is 9.50 Å². The Kier molecular flexibility index (Phi) is 4.71. The molecular formula is C21H23FN4O. The Morgan fingerprint density at radius 3 is 2.78 bits per heavy atom. The smallest absolute Gasteiger partial charge is 0.151 e. The number of anilines is 1. The number of alkyl halides is 1. The Morgan fingerprint density at radius 1 is 1.22 bits per heavy atom. The highest BCUT2D eigenvalue weighted by atomic mass is 19.1. The summed E-state index contributed by atoms with van der Waals surface area (Å²) in [6.07, 6.45) is 1.81.